The van der Waals surface area contributed by atoms with Crippen molar-refractivity contribution in [3.05, 3.63) is 35.8 Å². The third-order valence-corrected chi connectivity index (χ3v) is 4.59. The highest BCUT2D eigenvalue weighted by Gasteiger charge is 2.36. The van der Waals surface area contributed by atoms with Gasteiger partial charge in [-0.3, -0.25) is 4.79 Å². The SMILES string of the molecule is Cl.NC1(C(=O)Nc2ccc(-c3nccs3)cc2)CCCC1. The molecule has 1 aromatic carbocycles. The summed E-state index contributed by atoms with van der Waals surface area (Å²) < 4.78 is 0. The molecule has 4 nitrogen and oxygen atoms in total. The predicted octanol–water partition coefficient (Wildman–Crippen LogP) is 3.44. The summed E-state index contributed by atoms with van der Waals surface area (Å²) >= 11 is 1.60. The second-order valence-corrected chi connectivity index (χ2v) is 6.13. The van der Waals surface area contributed by atoms with Crippen molar-refractivity contribution >= 4 is 35.3 Å². The summed E-state index contributed by atoms with van der Waals surface area (Å²) in [7, 11) is 0. The van der Waals surface area contributed by atoms with Gasteiger partial charge in [-0.25, -0.2) is 4.98 Å². The highest BCUT2D eigenvalue weighted by molar-refractivity contribution is 7.13. The largest absolute Gasteiger partial charge is 0.324 e. The maximum atomic E-state index is 12.2. The number of hydrogen-bond donors (Lipinski definition) is 2. The van der Waals surface area contributed by atoms with Gasteiger partial charge < -0.3 is 11.1 Å². The van der Waals surface area contributed by atoms with Crippen molar-refractivity contribution in [3.8, 4) is 10.6 Å². The molecule has 0 unspecified atom stereocenters. The highest BCUT2D eigenvalue weighted by atomic mass is 35.5. The first-order chi connectivity index (χ1) is 9.67. The van der Waals surface area contributed by atoms with Crippen LogP contribution in [0.25, 0.3) is 10.6 Å². The number of thiazole rings is 1. The first-order valence-corrected chi connectivity index (χ1v) is 7.66. The van der Waals surface area contributed by atoms with Crippen molar-refractivity contribution in [2.24, 2.45) is 5.73 Å². The molecule has 21 heavy (non-hydrogen) atoms. The van der Waals surface area contributed by atoms with E-state index in [0.717, 1.165) is 41.9 Å². The average Bonchev–Trinajstić information content (AvgIpc) is 3.11. The molecule has 0 saturated heterocycles. The maximum Gasteiger partial charge on any atom is 0.244 e. The molecule has 0 bridgehead atoms. The number of anilines is 1. The average molecular weight is 324 g/mol. The lowest BCUT2D eigenvalue weighted by atomic mass is 9.98. The van der Waals surface area contributed by atoms with Gasteiger partial charge in [0.05, 0.1) is 5.54 Å². The molecule has 0 aliphatic heterocycles. The summed E-state index contributed by atoms with van der Waals surface area (Å²) in [4.78, 5) is 16.5. The molecule has 1 aromatic heterocycles. The number of halogens is 1. The number of benzene rings is 1. The van der Waals surface area contributed by atoms with Gasteiger partial charge in [0.1, 0.15) is 5.01 Å². The summed E-state index contributed by atoms with van der Waals surface area (Å²) in [5.74, 6) is -0.0722. The molecule has 112 valence electrons. The Morgan fingerprint density at radius 3 is 2.48 bits per heavy atom. The van der Waals surface area contributed by atoms with Crippen LogP contribution in [-0.4, -0.2) is 16.4 Å². The second-order valence-electron chi connectivity index (χ2n) is 5.23. The molecule has 0 spiro atoms. The summed E-state index contributed by atoms with van der Waals surface area (Å²) in [6, 6.07) is 7.72. The van der Waals surface area contributed by atoms with Crippen LogP contribution >= 0.6 is 23.7 Å². The number of amides is 1. The zero-order valence-corrected chi connectivity index (χ0v) is 13.2. The maximum absolute atomic E-state index is 12.2. The van der Waals surface area contributed by atoms with Crippen molar-refractivity contribution in [3.63, 3.8) is 0 Å². The Hall–Kier alpha value is -1.43. The van der Waals surface area contributed by atoms with E-state index >= 15 is 0 Å². The predicted molar refractivity (Wildman–Crippen MR) is 88.8 cm³/mol. The summed E-state index contributed by atoms with van der Waals surface area (Å²) in [5.41, 5.74) is 7.29. The van der Waals surface area contributed by atoms with Crippen LogP contribution in [-0.2, 0) is 4.79 Å². The van der Waals surface area contributed by atoms with Gasteiger partial charge in [0.25, 0.3) is 0 Å². The minimum absolute atomic E-state index is 0. The Kier molecular flexibility index (Phi) is 4.98. The van der Waals surface area contributed by atoms with Crippen LogP contribution in [0.4, 0.5) is 5.69 Å². The zero-order chi connectivity index (χ0) is 14.0. The van der Waals surface area contributed by atoms with E-state index in [1.807, 2.05) is 29.6 Å². The third-order valence-electron chi connectivity index (χ3n) is 3.77. The highest BCUT2D eigenvalue weighted by Crippen LogP contribution is 2.29. The lowest BCUT2D eigenvalue weighted by Crippen LogP contribution is -2.48. The minimum Gasteiger partial charge on any atom is -0.324 e. The van der Waals surface area contributed by atoms with Gasteiger partial charge in [-0.05, 0) is 37.1 Å². The van der Waals surface area contributed by atoms with Crippen LogP contribution in [0.3, 0.4) is 0 Å². The van der Waals surface area contributed by atoms with E-state index < -0.39 is 5.54 Å². The van der Waals surface area contributed by atoms with Crippen molar-refractivity contribution in [2.45, 2.75) is 31.2 Å². The minimum atomic E-state index is -0.687. The number of carbonyl (C=O) groups is 1. The molecule has 6 heteroatoms. The molecule has 2 aromatic rings. The van der Waals surface area contributed by atoms with E-state index in [-0.39, 0.29) is 18.3 Å². The number of nitrogens with two attached hydrogens (primary N) is 1. The number of nitrogens with zero attached hydrogens (tertiary/aromatic N) is 1. The van der Waals surface area contributed by atoms with Crippen molar-refractivity contribution in [1.82, 2.24) is 4.98 Å². The molecule has 1 aliphatic carbocycles. The quantitative estimate of drug-likeness (QED) is 0.909. The van der Waals surface area contributed by atoms with E-state index in [1.54, 1.807) is 17.5 Å². The van der Waals surface area contributed by atoms with Crippen LogP contribution in [0.2, 0.25) is 0 Å². The molecule has 3 rings (SSSR count). The monoisotopic (exact) mass is 323 g/mol. The van der Waals surface area contributed by atoms with Gasteiger partial charge in [0.2, 0.25) is 5.91 Å². The zero-order valence-electron chi connectivity index (χ0n) is 11.5. The number of carbonyl (C=O) groups excluding carboxylic acids is 1. The molecule has 1 heterocycles. The van der Waals surface area contributed by atoms with Crippen molar-refractivity contribution in [1.29, 1.82) is 0 Å². The fraction of sp³-hybridized carbons (Fsp3) is 0.333. The topological polar surface area (TPSA) is 68.0 Å². The second kappa shape index (κ2) is 6.56. The van der Waals surface area contributed by atoms with Crippen LogP contribution in [0, 0.1) is 0 Å². The summed E-state index contributed by atoms with van der Waals surface area (Å²) in [6.45, 7) is 0. The fourth-order valence-corrected chi connectivity index (χ4v) is 3.20. The standard InChI is InChI=1S/C15H17N3OS.ClH/c16-15(7-1-2-8-15)14(19)18-12-5-3-11(4-6-12)13-17-9-10-20-13;/h3-6,9-10H,1-2,7-8,16H2,(H,18,19);1H. The van der Waals surface area contributed by atoms with Crippen molar-refractivity contribution in [2.75, 3.05) is 5.32 Å². The summed E-state index contributed by atoms with van der Waals surface area (Å²) in [6.07, 6.45) is 5.40. The number of nitrogens with one attached hydrogen (secondary N) is 1. The van der Waals surface area contributed by atoms with E-state index in [1.165, 1.54) is 0 Å². The van der Waals surface area contributed by atoms with E-state index in [4.69, 9.17) is 5.73 Å². The van der Waals surface area contributed by atoms with Crippen LogP contribution < -0.4 is 11.1 Å². The molecular formula is C15H18ClN3OS. The molecule has 0 atom stereocenters. The lowest BCUT2D eigenvalue weighted by Gasteiger charge is -2.22. The first kappa shape index (κ1) is 15.9. The van der Waals surface area contributed by atoms with E-state index in [0.29, 0.717) is 0 Å². The van der Waals surface area contributed by atoms with Gasteiger partial charge in [-0.2, -0.15) is 0 Å². The first-order valence-electron chi connectivity index (χ1n) is 6.78. The lowest BCUT2D eigenvalue weighted by molar-refractivity contribution is -0.121. The number of rotatable bonds is 3. The molecule has 1 fully saturated rings. The third kappa shape index (κ3) is 3.43. The van der Waals surface area contributed by atoms with E-state index in [9.17, 15) is 4.79 Å². The number of aromatic nitrogens is 1. The van der Waals surface area contributed by atoms with Gasteiger partial charge in [0, 0.05) is 22.8 Å². The fourth-order valence-electron chi connectivity index (χ4n) is 2.55. The Bertz CT molecular complexity index is 592. The molecule has 0 radical (unpaired) electrons. The Morgan fingerprint density at radius 2 is 1.90 bits per heavy atom. The van der Waals surface area contributed by atoms with Crippen LogP contribution in [0.15, 0.2) is 35.8 Å². The normalized spacial score (nSPS) is 16.2. The van der Waals surface area contributed by atoms with Gasteiger partial charge in [-0.15, -0.1) is 23.7 Å². The Morgan fingerprint density at radius 1 is 1.24 bits per heavy atom. The van der Waals surface area contributed by atoms with E-state index in [2.05, 4.69) is 10.3 Å². The van der Waals surface area contributed by atoms with Crippen LogP contribution in [0.1, 0.15) is 25.7 Å². The molecule has 3 N–H and O–H groups in total. The van der Waals surface area contributed by atoms with Gasteiger partial charge in [0.15, 0.2) is 0 Å². The molecule has 1 saturated carbocycles. The molecule has 1 aliphatic rings. The molecule has 1 amide bonds. The van der Waals surface area contributed by atoms with Gasteiger partial charge >= 0.3 is 0 Å². The summed E-state index contributed by atoms with van der Waals surface area (Å²) in [5, 5.41) is 5.84. The van der Waals surface area contributed by atoms with Crippen LogP contribution in [0.5, 0.6) is 0 Å². The Balaban J connectivity index is 0.00000161. The number of hydrogen-bond acceptors (Lipinski definition) is 4. The van der Waals surface area contributed by atoms with Crippen molar-refractivity contribution < 1.29 is 4.79 Å². The molecular weight excluding hydrogens is 306 g/mol. The van der Waals surface area contributed by atoms with Gasteiger partial charge in [-0.1, -0.05) is 12.8 Å². The smallest absolute Gasteiger partial charge is 0.244 e. The Labute approximate surface area is 134 Å².